The molecule has 0 saturated carbocycles. The summed E-state index contributed by atoms with van der Waals surface area (Å²) in [6, 6.07) is 11.4. The van der Waals surface area contributed by atoms with E-state index in [4.69, 9.17) is 0 Å². The van der Waals surface area contributed by atoms with Crippen LogP contribution in [0.5, 0.6) is 0 Å². The minimum atomic E-state index is -0.459. The number of carbonyl (C=O) groups is 1. The summed E-state index contributed by atoms with van der Waals surface area (Å²) in [6.45, 7) is 0. The van der Waals surface area contributed by atoms with Crippen molar-refractivity contribution in [1.29, 1.82) is 0 Å². The molecule has 0 aromatic heterocycles. The number of carbonyl (C=O) groups excluding carboxylic acids is 1. The molecule has 18 heavy (non-hydrogen) atoms. The van der Waals surface area contributed by atoms with Gasteiger partial charge in [0.25, 0.3) is 5.69 Å². The molecule has 5 heteroatoms. The summed E-state index contributed by atoms with van der Waals surface area (Å²) in [7, 11) is 0. The summed E-state index contributed by atoms with van der Waals surface area (Å²) in [5.74, 6) is 0. The zero-order valence-electron chi connectivity index (χ0n) is 9.17. The smallest absolute Gasteiger partial charge is 0.270 e. The van der Waals surface area contributed by atoms with Gasteiger partial charge in [0.1, 0.15) is 0 Å². The topological polar surface area (TPSA) is 60.2 Å². The molecule has 0 amide bonds. The number of nitrogens with zero attached hydrogens (tertiary/aromatic N) is 1. The van der Waals surface area contributed by atoms with Crippen molar-refractivity contribution in [3.8, 4) is 11.1 Å². The van der Waals surface area contributed by atoms with Gasteiger partial charge in [-0.05, 0) is 11.6 Å². The molecule has 0 spiro atoms. The van der Waals surface area contributed by atoms with Gasteiger partial charge in [0.2, 0.25) is 0 Å². The van der Waals surface area contributed by atoms with Crippen molar-refractivity contribution < 1.29 is 9.72 Å². The lowest BCUT2D eigenvalue weighted by atomic mass is 10.00. The Labute approximate surface area is 112 Å². The summed E-state index contributed by atoms with van der Waals surface area (Å²) in [5, 5.41) is 10.8. The molecule has 0 fully saturated rings. The van der Waals surface area contributed by atoms with Crippen LogP contribution in [0.4, 0.5) is 5.69 Å². The van der Waals surface area contributed by atoms with E-state index in [2.05, 4.69) is 15.9 Å². The Kier molecular flexibility index (Phi) is 3.53. The first-order chi connectivity index (χ1) is 8.63. The van der Waals surface area contributed by atoms with Crippen LogP contribution in [0.25, 0.3) is 11.1 Å². The van der Waals surface area contributed by atoms with E-state index in [1.807, 2.05) is 0 Å². The number of hydrogen-bond donors (Lipinski definition) is 0. The molecule has 0 aliphatic carbocycles. The lowest BCUT2D eigenvalue weighted by Crippen LogP contribution is -1.92. The molecule has 0 heterocycles. The quantitative estimate of drug-likeness (QED) is 0.492. The van der Waals surface area contributed by atoms with Gasteiger partial charge in [-0.25, -0.2) is 0 Å². The summed E-state index contributed by atoms with van der Waals surface area (Å²) < 4.78 is 0.711. The number of nitro groups is 1. The maximum Gasteiger partial charge on any atom is 0.270 e. The number of aldehydes is 1. The highest BCUT2D eigenvalue weighted by Gasteiger charge is 2.13. The second-order valence-electron chi connectivity index (χ2n) is 3.63. The standard InChI is InChI=1S/C13H8BrNO3/c14-13-6-5-10(15(17)18)7-12(13)11-4-2-1-3-9(11)8-16/h1-8H. The van der Waals surface area contributed by atoms with Gasteiger partial charge < -0.3 is 0 Å². The van der Waals surface area contributed by atoms with Crippen LogP contribution >= 0.6 is 15.9 Å². The minimum absolute atomic E-state index is 0.00565. The first-order valence-electron chi connectivity index (χ1n) is 5.12. The summed E-state index contributed by atoms with van der Waals surface area (Å²) in [6.07, 6.45) is 0.737. The second-order valence-corrected chi connectivity index (χ2v) is 4.48. The third kappa shape index (κ3) is 2.31. The van der Waals surface area contributed by atoms with Crippen molar-refractivity contribution in [2.45, 2.75) is 0 Å². The molecule has 0 bridgehead atoms. The highest BCUT2D eigenvalue weighted by Crippen LogP contribution is 2.33. The van der Waals surface area contributed by atoms with Crippen LogP contribution in [0, 0.1) is 10.1 Å². The normalized spacial score (nSPS) is 10.1. The summed E-state index contributed by atoms with van der Waals surface area (Å²) >= 11 is 3.34. The molecule has 0 atom stereocenters. The Morgan fingerprint density at radius 2 is 1.83 bits per heavy atom. The average Bonchev–Trinajstić information content (AvgIpc) is 2.39. The van der Waals surface area contributed by atoms with E-state index in [0.717, 1.165) is 6.29 Å². The molecule has 0 aliphatic heterocycles. The molecule has 2 aromatic carbocycles. The van der Waals surface area contributed by atoms with Crippen molar-refractivity contribution in [1.82, 2.24) is 0 Å². The van der Waals surface area contributed by atoms with Gasteiger partial charge in [0.15, 0.2) is 6.29 Å². The first-order valence-corrected chi connectivity index (χ1v) is 5.91. The Hall–Kier alpha value is -2.01. The van der Waals surface area contributed by atoms with E-state index in [1.165, 1.54) is 12.1 Å². The molecule has 90 valence electrons. The van der Waals surface area contributed by atoms with Crippen LogP contribution in [0.15, 0.2) is 46.9 Å². The minimum Gasteiger partial charge on any atom is -0.298 e. The Balaban J connectivity index is 2.66. The first kappa shape index (κ1) is 12.4. The van der Waals surface area contributed by atoms with E-state index in [1.54, 1.807) is 30.3 Å². The largest absolute Gasteiger partial charge is 0.298 e. The van der Waals surface area contributed by atoms with Crippen molar-refractivity contribution >= 4 is 27.9 Å². The Bertz CT molecular complexity index is 625. The van der Waals surface area contributed by atoms with Crippen molar-refractivity contribution in [2.75, 3.05) is 0 Å². The third-order valence-corrected chi connectivity index (χ3v) is 3.23. The Morgan fingerprint density at radius 1 is 1.11 bits per heavy atom. The number of benzene rings is 2. The van der Waals surface area contributed by atoms with Crippen LogP contribution < -0.4 is 0 Å². The van der Waals surface area contributed by atoms with E-state index < -0.39 is 4.92 Å². The van der Waals surface area contributed by atoms with Crippen LogP contribution in [-0.2, 0) is 0 Å². The maximum atomic E-state index is 11.0. The van der Waals surface area contributed by atoms with Crippen LogP contribution in [0.2, 0.25) is 0 Å². The Morgan fingerprint density at radius 3 is 2.50 bits per heavy atom. The van der Waals surface area contributed by atoms with E-state index in [0.29, 0.717) is 21.2 Å². The lowest BCUT2D eigenvalue weighted by molar-refractivity contribution is -0.384. The molecule has 4 nitrogen and oxygen atoms in total. The van der Waals surface area contributed by atoms with Gasteiger partial charge in [-0.1, -0.05) is 40.2 Å². The molecule has 0 radical (unpaired) electrons. The monoisotopic (exact) mass is 305 g/mol. The van der Waals surface area contributed by atoms with Crippen LogP contribution in [0.1, 0.15) is 10.4 Å². The van der Waals surface area contributed by atoms with Gasteiger partial charge >= 0.3 is 0 Å². The van der Waals surface area contributed by atoms with Gasteiger partial charge in [-0.2, -0.15) is 0 Å². The number of halogens is 1. The highest BCUT2D eigenvalue weighted by molar-refractivity contribution is 9.10. The lowest BCUT2D eigenvalue weighted by Gasteiger charge is -2.07. The SMILES string of the molecule is O=Cc1ccccc1-c1cc([N+](=O)[O-])ccc1Br. The zero-order valence-corrected chi connectivity index (χ0v) is 10.8. The van der Waals surface area contributed by atoms with Gasteiger partial charge in [0.05, 0.1) is 4.92 Å². The fourth-order valence-corrected chi connectivity index (χ4v) is 2.14. The highest BCUT2D eigenvalue weighted by atomic mass is 79.9. The van der Waals surface area contributed by atoms with Crippen molar-refractivity contribution in [3.05, 3.63) is 62.6 Å². The zero-order chi connectivity index (χ0) is 13.1. The van der Waals surface area contributed by atoms with Gasteiger partial charge in [0, 0.05) is 27.7 Å². The van der Waals surface area contributed by atoms with Gasteiger partial charge in [-0.15, -0.1) is 0 Å². The average molecular weight is 306 g/mol. The number of non-ortho nitro benzene ring substituents is 1. The predicted molar refractivity (Wildman–Crippen MR) is 71.6 cm³/mol. The van der Waals surface area contributed by atoms with Crippen molar-refractivity contribution in [2.24, 2.45) is 0 Å². The molecule has 0 unspecified atom stereocenters. The van der Waals surface area contributed by atoms with Crippen LogP contribution in [0.3, 0.4) is 0 Å². The predicted octanol–water partition coefficient (Wildman–Crippen LogP) is 3.84. The van der Waals surface area contributed by atoms with E-state index in [9.17, 15) is 14.9 Å². The number of nitro benzene ring substituents is 1. The summed E-state index contributed by atoms with van der Waals surface area (Å²) in [5.41, 5.74) is 1.79. The number of rotatable bonds is 3. The fourth-order valence-electron chi connectivity index (χ4n) is 1.68. The molecular formula is C13H8BrNO3. The molecule has 0 N–H and O–H groups in total. The molecule has 2 rings (SSSR count). The fraction of sp³-hybridized carbons (Fsp3) is 0. The molecular weight excluding hydrogens is 298 g/mol. The van der Waals surface area contributed by atoms with E-state index >= 15 is 0 Å². The van der Waals surface area contributed by atoms with E-state index in [-0.39, 0.29) is 5.69 Å². The molecule has 2 aromatic rings. The number of hydrogen-bond acceptors (Lipinski definition) is 3. The summed E-state index contributed by atoms with van der Waals surface area (Å²) in [4.78, 5) is 21.3. The molecule has 0 saturated heterocycles. The third-order valence-electron chi connectivity index (χ3n) is 2.54. The maximum absolute atomic E-state index is 11.0. The molecule has 0 aliphatic rings. The second kappa shape index (κ2) is 5.10. The van der Waals surface area contributed by atoms with Crippen molar-refractivity contribution in [3.63, 3.8) is 0 Å². The van der Waals surface area contributed by atoms with Crippen LogP contribution in [-0.4, -0.2) is 11.2 Å². The van der Waals surface area contributed by atoms with Gasteiger partial charge in [-0.3, -0.25) is 14.9 Å².